The third-order valence-electron chi connectivity index (χ3n) is 2.58. The number of ketones is 1. The standard InChI is InChI=1S/C12H7O/c13-8-5-6-11-9-3-1-2-4-10(9)12(11)7-8/h1-4,6H,7H2. The van der Waals surface area contributed by atoms with E-state index in [1.165, 1.54) is 22.3 Å². The molecular formula is C12H7O. The number of carbonyl (C=O) groups is 1. The highest BCUT2D eigenvalue weighted by Gasteiger charge is 2.27. The Bertz CT molecular complexity index is 464. The summed E-state index contributed by atoms with van der Waals surface area (Å²) < 4.78 is 0. The molecule has 0 N–H and O–H groups in total. The molecule has 1 aromatic rings. The summed E-state index contributed by atoms with van der Waals surface area (Å²) >= 11 is 0. The summed E-state index contributed by atoms with van der Waals surface area (Å²) in [4.78, 5) is 11.1. The molecule has 2 aliphatic rings. The molecule has 0 spiro atoms. The minimum Gasteiger partial charge on any atom is -0.294 e. The quantitative estimate of drug-likeness (QED) is 0.579. The lowest BCUT2D eigenvalue weighted by Crippen LogP contribution is -2.12. The zero-order valence-corrected chi connectivity index (χ0v) is 7.00. The van der Waals surface area contributed by atoms with Crippen LogP contribution in [0.4, 0.5) is 0 Å². The Morgan fingerprint density at radius 2 is 1.92 bits per heavy atom. The van der Waals surface area contributed by atoms with E-state index < -0.39 is 0 Å². The van der Waals surface area contributed by atoms with Crippen molar-refractivity contribution in [2.24, 2.45) is 0 Å². The molecule has 13 heavy (non-hydrogen) atoms. The molecular weight excluding hydrogens is 160 g/mol. The van der Waals surface area contributed by atoms with Crippen molar-refractivity contribution in [3.05, 3.63) is 47.5 Å². The van der Waals surface area contributed by atoms with E-state index in [2.05, 4.69) is 18.2 Å². The minimum absolute atomic E-state index is 0.0910. The Hall–Kier alpha value is -1.63. The zero-order chi connectivity index (χ0) is 8.84. The molecule has 0 unspecified atom stereocenters. The summed E-state index contributed by atoms with van der Waals surface area (Å²) in [6.45, 7) is 0. The van der Waals surface area contributed by atoms with Crippen LogP contribution in [0.15, 0.2) is 30.3 Å². The first-order valence-electron chi connectivity index (χ1n) is 4.32. The van der Waals surface area contributed by atoms with Crippen molar-refractivity contribution in [1.29, 1.82) is 0 Å². The predicted molar refractivity (Wildman–Crippen MR) is 50.7 cm³/mol. The van der Waals surface area contributed by atoms with Gasteiger partial charge in [-0.25, -0.2) is 0 Å². The molecule has 0 amide bonds. The van der Waals surface area contributed by atoms with E-state index >= 15 is 0 Å². The molecule has 0 heterocycles. The zero-order valence-electron chi connectivity index (χ0n) is 7.00. The Morgan fingerprint density at radius 3 is 2.77 bits per heavy atom. The van der Waals surface area contributed by atoms with Gasteiger partial charge in [-0.2, -0.15) is 0 Å². The smallest absolute Gasteiger partial charge is 0.168 e. The third kappa shape index (κ3) is 0.788. The van der Waals surface area contributed by atoms with Crippen molar-refractivity contribution in [2.45, 2.75) is 6.42 Å². The molecule has 0 saturated carbocycles. The van der Waals surface area contributed by atoms with Crippen LogP contribution in [0.3, 0.4) is 0 Å². The number of hydrogen-bond acceptors (Lipinski definition) is 1. The van der Waals surface area contributed by atoms with Gasteiger partial charge in [-0.05, 0) is 28.3 Å². The first kappa shape index (κ1) is 6.84. The van der Waals surface area contributed by atoms with E-state index in [9.17, 15) is 4.79 Å². The molecule has 3 rings (SSSR count). The molecule has 0 aromatic heterocycles. The number of Topliss-reactive ketones (excluding diaryl/α,β-unsaturated/α-hetero) is 1. The van der Waals surface area contributed by atoms with Crippen LogP contribution in [0.1, 0.15) is 17.5 Å². The molecule has 1 nitrogen and oxygen atoms in total. The van der Waals surface area contributed by atoms with Crippen molar-refractivity contribution >= 4 is 16.9 Å². The van der Waals surface area contributed by atoms with Gasteiger partial charge in [0.15, 0.2) is 5.78 Å². The van der Waals surface area contributed by atoms with Crippen molar-refractivity contribution in [2.75, 3.05) is 0 Å². The lowest BCUT2D eigenvalue weighted by Gasteiger charge is -2.27. The molecule has 0 aliphatic heterocycles. The average Bonchev–Trinajstić information content (AvgIpc) is 2.15. The number of fused-ring (bicyclic) bond motifs is 3. The van der Waals surface area contributed by atoms with E-state index in [1.807, 2.05) is 18.2 Å². The van der Waals surface area contributed by atoms with Crippen LogP contribution in [0.25, 0.3) is 11.1 Å². The monoisotopic (exact) mass is 167 g/mol. The Balaban J connectivity index is 2.16. The van der Waals surface area contributed by atoms with Crippen LogP contribution in [-0.4, -0.2) is 5.78 Å². The molecule has 0 atom stereocenters. The predicted octanol–water partition coefficient (Wildman–Crippen LogP) is 2.24. The minimum atomic E-state index is 0.0910. The molecule has 1 radical (unpaired) electrons. The second-order valence-electron chi connectivity index (χ2n) is 3.33. The molecule has 0 bridgehead atoms. The maximum atomic E-state index is 11.1. The van der Waals surface area contributed by atoms with Crippen molar-refractivity contribution < 1.29 is 4.79 Å². The van der Waals surface area contributed by atoms with Crippen molar-refractivity contribution in [1.82, 2.24) is 0 Å². The highest BCUT2D eigenvalue weighted by molar-refractivity contribution is 6.16. The summed E-state index contributed by atoms with van der Waals surface area (Å²) in [5.74, 6) is 0.0910. The number of hydrogen-bond donors (Lipinski definition) is 0. The van der Waals surface area contributed by atoms with E-state index in [-0.39, 0.29) is 5.78 Å². The highest BCUT2D eigenvalue weighted by atomic mass is 16.1. The fraction of sp³-hybridized carbons (Fsp3) is 0.0833. The fourth-order valence-electron chi connectivity index (χ4n) is 1.95. The SMILES string of the molecule is O=C1[C]=CC2=C(C1)c1ccccc12. The maximum Gasteiger partial charge on any atom is 0.168 e. The summed E-state index contributed by atoms with van der Waals surface area (Å²) in [5.41, 5.74) is 4.90. The van der Waals surface area contributed by atoms with Crippen LogP contribution in [0.2, 0.25) is 0 Å². The molecule has 1 heteroatoms. The van der Waals surface area contributed by atoms with Gasteiger partial charge in [-0.1, -0.05) is 24.3 Å². The third-order valence-corrected chi connectivity index (χ3v) is 2.58. The number of allylic oxidation sites excluding steroid dienone is 4. The molecule has 0 saturated heterocycles. The second-order valence-corrected chi connectivity index (χ2v) is 3.33. The first-order chi connectivity index (χ1) is 6.36. The van der Waals surface area contributed by atoms with Gasteiger partial charge in [0.2, 0.25) is 0 Å². The van der Waals surface area contributed by atoms with E-state index in [0.717, 1.165) is 0 Å². The van der Waals surface area contributed by atoms with Crippen LogP contribution in [0, 0.1) is 6.08 Å². The molecule has 2 aliphatic carbocycles. The number of benzene rings is 1. The van der Waals surface area contributed by atoms with E-state index in [4.69, 9.17) is 0 Å². The fourth-order valence-corrected chi connectivity index (χ4v) is 1.95. The number of carbonyl (C=O) groups excluding carboxylic acids is 1. The van der Waals surface area contributed by atoms with Gasteiger partial charge in [0.25, 0.3) is 0 Å². The van der Waals surface area contributed by atoms with Crippen molar-refractivity contribution in [3.63, 3.8) is 0 Å². The summed E-state index contributed by atoms with van der Waals surface area (Å²) in [6.07, 6.45) is 5.07. The van der Waals surface area contributed by atoms with Gasteiger partial charge in [0, 0.05) is 12.5 Å². The van der Waals surface area contributed by atoms with E-state index in [0.29, 0.717) is 6.42 Å². The molecule has 1 aromatic carbocycles. The topological polar surface area (TPSA) is 17.1 Å². The lowest BCUT2D eigenvalue weighted by atomic mass is 9.76. The van der Waals surface area contributed by atoms with Gasteiger partial charge in [-0.3, -0.25) is 4.79 Å². The van der Waals surface area contributed by atoms with Crippen LogP contribution in [0.5, 0.6) is 0 Å². The second kappa shape index (κ2) is 2.19. The van der Waals surface area contributed by atoms with Gasteiger partial charge in [0.1, 0.15) is 0 Å². The average molecular weight is 167 g/mol. The largest absolute Gasteiger partial charge is 0.294 e. The Labute approximate surface area is 76.4 Å². The maximum absolute atomic E-state index is 11.1. The Kier molecular flexibility index (Phi) is 1.15. The highest BCUT2D eigenvalue weighted by Crippen LogP contribution is 2.44. The van der Waals surface area contributed by atoms with Gasteiger partial charge in [0.05, 0.1) is 0 Å². The van der Waals surface area contributed by atoms with E-state index in [1.54, 1.807) is 0 Å². The van der Waals surface area contributed by atoms with Gasteiger partial charge >= 0.3 is 0 Å². The van der Waals surface area contributed by atoms with Gasteiger partial charge < -0.3 is 0 Å². The number of rotatable bonds is 0. The summed E-state index contributed by atoms with van der Waals surface area (Å²) in [7, 11) is 0. The first-order valence-corrected chi connectivity index (χ1v) is 4.32. The normalized spacial score (nSPS) is 18.0. The Morgan fingerprint density at radius 1 is 1.15 bits per heavy atom. The summed E-state index contributed by atoms with van der Waals surface area (Å²) in [5, 5.41) is 0. The van der Waals surface area contributed by atoms with Crippen molar-refractivity contribution in [3.8, 4) is 0 Å². The lowest BCUT2D eigenvalue weighted by molar-refractivity contribution is -0.114. The van der Waals surface area contributed by atoms with Crippen LogP contribution < -0.4 is 0 Å². The molecule has 0 fully saturated rings. The van der Waals surface area contributed by atoms with Crippen LogP contribution >= 0.6 is 0 Å². The van der Waals surface area contributed by atoms with Gasteiger partial charge in [-0.15, -0.1) is 0 Å². The van der Waals surface area contributed by atoms with Crippen LogP contribution in [-0.2, 0) is 4.79 Å². The summed E-state index contributed by atoms with van der Waals surface area (Å²) in [6, 6.07) is 8.19. The molecule has 61 valence electrons.